The number of carbonyl (C=O) groups is 1. The summed E-state index contributed by atoms with van der Waals surface area (Å²) >= 11 is 0. The minimum absolute atomic E-state index is 0.0816. The van der Waals surface area contributed by atoms with Gasteiger partial charge >= 0.3 is 0 Å². The monoisotopic (exact) mass is 358 g/mol. The van der Waals surface area contributed by atoms with Crippen LogP contribution in [0.5, 0.6) is 5.75 Å². The second kappa shape index (κ2) is 9.34. The lowest BCUT2D eigenvalue weighted by Gasteiger charge is -2.07. The standard InChI is InChI=1S/C23H22N2O2/c1-18(19-8-4-2-5-9-19)16-24-25-23(26)17-27-22-14-12-21(13-15-22)20-10-6-3-7-11-20/h2-16,18H,17H2,1H3,(H,25,26)/b24-16+. The van der Waals surface area contributed by atoms with Gasteiger partial charge in [0.1, 0.15) is 5.75 Å². The number of hydrazone groups is 1. The first-order valence-corrected chi connectivity index (χ1v) is 8.87. The fraction of sp³-hybridized carbons (Fsp3) is 0.130. The van der Waals surface area contributed by atoms with E-state index in [1.165, 1.54) is 0 Å². The predicted molar refractivity (Wildman–Crippen MR) is 109 cm³/mol. The lowest BCUT2D eigenvalue weighted by atomic mass is 10.0. The predicted octanol–water partition coefficient (Wildman–Crippen LogP) is 4.64. The Labute approximate surface area is 159 Å². The van der Waals surface area contributed by atoms with E-state index >= 15 is 0 Å². The molecule has 136 valence electrons. The van der Waals surface area contributed by atoms with Crippen molar-refractivity contribution in [1.29, 1.82) is 0 Å². The molecule has 0 saturated carbocycles. The number of hydrogen-bond donors (Lipinski definition) is 1. The zero-order chi connectivity index (χ0) is 18.9. The Kier molecular flexibility index (Phi) is 6.36. The summed E-state index contributed by atoms with van der Waals surface area (Å²) < 4.78 is 5.51. The molecular formula is C23H22N2O2. The quantitative estimate of drug-likeness (QED) is 0.494. The minimum Gasteiger partial charge on any atom is -0.484 e. The number of rotatable bonds is 7. The van der Waals surface area contributed by atoms with Gasteiger partial charge in [-0.05, 0) is 28.8 Å². The SMILES string of the molecule is CC(/C=N/NC(=O)COc1ccc(-c2ccccc2)cc1)c1ccccc1. The van der Waals surface area contributed by atoms with Gasteiger partial charge in [-0.3, -0.25) is 4.79 Å². The first-order valence-electron chi connectivity index (χ1n) is 8.87. The molecule has 27 heavy (non-hydrogen) atoms. The summed E-state index contributed by atoms with van der Waals surface area (Å²) in [5.74, 6) is 0.475. The van der Waals surface area contributed by atoms with Gasteiger partial charge in [-0.2, -0.15) is 5.10 Å². The van der Waals surface area contributed by atoms with E-state index in [9.17, 15) is 4.79 Å². The van der Waals surface area contributed by atoms with E-state index in [1.807, 2.05) is 79.7 Å². The molecule has 0 radical (unpaired) electrons. The average molecular weight is 358 g/mol. The van der Waals surface area contributed by atoms with E-state index in [-0.39, 0.29) is 18.4 Å². The molecule has 1 atom stereocenters. The fourth-order valence-electron chi connectivity index (χ4n) is 2.62. The van der Waals surface area contributed by atoms with Crippen molar-refractivity contribution in [2.24, 2.45) is 5.10 Å². The second-order valence-corrected chi connectivity index (χ2v) is 6.19. The van der Waals surface area contributed by atoms with Crippen LogP contribution in [0.15, 0.2) is 90.0 Å². The molecule has 1 N–H and O–H groups in total. The molecule has 0 aliphatic rings. The molecule has 0 aromatic heterocycles. The molecule has 1 amide bonds. The Morgan fingerprint density at radius 3 is 2.19 bits per heavy atom. The molecule has 4 nitrogen and oxygen atoms in total. The van der Waals surface area contributed by atoms with Gasteiger partial charge in [0.2, 0.25) is 0 Å². The summed E-state index contributed by atoms with van der Waals surface area (Å²) in [5.41, 5.74) is 5.89. The topological polar surface area (TPSA) is 50.7 Å². The number of nitrogens with one attached hydrogen (secondary N) is 1. The Morgan fingerprint density at radius 1 is 0.926 bits per heavy atom. The maximum Gasteiger partial charge on any atom is 0.277 e. The first-order chi connectivity index (χ1) is 13.2. The highest BCUT2D eigenvalue weighted by molar-refractivity contribution is 5.79. The smallest absolute Gasteiger partial charge is 0.277 e. The summed E-state index contributed by atoms with van der Waals surface area (Å²) in [4.78, 5) is 11.9. The highest BCUT2D eigenvalue weighted by atomic mass is 16.5. The number of carbonyl (C=O) groups excluding carboxylic acids is 1. The van der Waals surface area contributed by atoms with Crippen molar-refractivity contribution in [3.05, 3.63) is 90.5 Å². The Morgan fingerprint density at radius 2 is 1.52 bits per heavy atom. The Bertz CT molecular complexity index is 875. The molecule has 3 aromatic carbocycles. The maximum atomic E-state index is 11.9. The van der Waals surface area contributed by atoms with E-state index < -0.39 is 0 Å². The van der Waals surface area contributed by atoms with Crippen LogP contribution in [0.2, 0.25) is 0 Å². The van der Waals surface area contributed by atoms with Crippen molar-refractivity contribution >= 4 is 12.1 Å². The third-order valence-electron chi connectivity index (χ3n) is 4.14. The Hall–Kier alpha value is -3.40. The summed E-state index contributed by atoms with van der Waals surface area (Å²) in [6.45, 7) is 1.94. The largest absolute Gasteiger partial charge is 0.484 e. The van der Waals surface area contributed by atoms with Crippen LogP contribution < -0.4 is 10.2 Å². The fourth-order valence-corrected chi connectivity index (χ4v) is 2.62. The number of benzene rings is 3. The molecule has 1 unspecified atom stereocenters. The highest BCUT2D eigenvalue weighted by Gasteiger charge is 2.04. The van der Waals surface area contributed by atoms with E-state index in [4.69, 9.17) is 4.74 Å². The van der Waals surface area contributed by atoms with Gasteiger partial charge in [-0.25, -0.2) is 5.43 Å². The van der Waals surface area contributed by atoms with Gasteiger partial charge in [0, 0.05) is 12.1 Å². The van der Waals surface area contributed by atoms with Crippen LogP contribution in [-0.2, 0) is 4.79 Å². The summed E-state index contributed by atoms with van der Waals surface area (Å²) in [5, 5.41) is 4.01. The van der Waals surface area contributed by atoms with E-state index in [0.29, 0.717) is 5.75 Å². The second-order valence-electron chi connectivity index (χ2n) is 6.19. The molecule has 0 bridgehead atoms. The lowest BCUT2D eigenvalue weighted by Crippen LogP contribution is -2.24. The molecule has 0 aliphatic heterocycles. The van der Waals surface area contributed by atoms with Gasteiger partial charge in [-0.15, -0.1) is 0 Å². The molecule has 4 heteroatoms. The third kappa shape index (κ3) is 5.54. The lowest BCUT2D eigenvalue weighted by molar-refractivity contribution is -0.123. The number of hydrogen-bond acceptors (Lipinski definition) is 3. The van der Waals surface area contributed by atoms with Gasteiger partial charge < -0.3 is 4.74 Å². The van der Waals surface area contributed by atoms with Crippen molar-refractivity contribution in [3.8, 4) is 16.9 Å². The summed E-state index contributed by atoms with van der Waals surface area (Å²) in [6.07, 6.45) is 1.71. The molecule has 0 spiro atoms. The molecule has 3 rings (SSSR count). The number of nitrogens with zero attached hydrogens (tertiary/aromatic N) is 1. The zero-order valence-corrected chi connectivity index (χ0v) is 15.2. The summed E-state index contributed by atoms with van der Waals surface area (Å²) in [7, 11) is 0. The normalized spacial score (nSPS) is 11.9. The van der Waals surface area contributed by atoms with Crippen LogP contribution in [0.4, 0.5) is 0 Å². The van der Waals surface area contributed by atoms with Crippen molar-refractivity contribution in [2.45, 2.75) is 12.8 Å². The molecule has 0 aliphatic carbocycles. The number of amides is 1. The molecule has 0 heterocycles. The van der Waals surface area contributed by atoms with Gasteiger partial charge in [0.05, 0.1) is 0 Å². The van der Waals surface area contributed by atoms with E-state index in [2.05, 4.69) is 22.7 Å². The van der Waals surface area contributed by atoms with Gasteiger partial charge in [-0.1, -0.05) is 79.7 Å². The first kappa shape index (κ1) is 18.4. The Balaban J connectivity index is 1.46. The average Bonchev–Trinajstić information content (AvgIpc) is 2.74. The van der Waals surface area contributed by atoms with Crippen LogP contribution in [0.25, 0.3) is 11.1 Å². The van der Waals surface area contributed by atoms with E-state index in [0.717, 1.165) is 16.7 Å². The summed E-state index contributed by atoms with van der Waals surface area (Å²) in [6, 6.07) is 27.8. The van der Waals surface area contributed by atoms with Crippen molar-refractivity contribution in [2.75, 3.05) is 6.61 Å². The molecule has 0 saturated heterocycles. The van der Waals surface area contributed by atoms with Crippen molar-refractivity contribution in [3.63, 3.8) is 0 Å². The van der Waals surface area contributed by atoms with E-state index in [1.54, 1.807) is 6.21 Å². The minimum atomic E-state index is -0.293. The van der Waals surface area contributed by atoms with Crippen LogP contribution >= 0.6 is 0 Å². The molecule has 0 fully saturated rings. The molecule has 3 aromatic rings. The van der Waals surface area contributed by atoms with Crippen LogP contribution in [0.1, 0.15) is 18.4 Å². The van der Waals surface area contributed by atoms with Gasteiger partial charge in [0.15, 0.2) is 6.61 Å². The maximum absolute atomic E-state index is 11.9. The number of ether oxygens (including phenoxy) is 1. The van der Waals surface area contributed by atoms with Crippen molar-refractivity contribution in [1.82, 2.24) is 5.43 Å². The van der Waals surface area contributed by atoms with Crippen LogP contribution in [0.3, 0.4) is 0 Å². The van der Waals surface area contributed by atoms with Gasteiger partial charge in [0.25, 0.3) is 5.91 Å². The molecular weight excluding hydrogens is 336 g/mol. The zero-order valence-electron chi connectivity index (χ0n) is 15.2. The van der Waals surface area contributed by atoms with Crippen molar-refractivity contribution < 1.29 is 9.53 Å². The van der Waals surface area contributed by atoms with Crippen LogP contribution in [-0.4, -0.2) is 18.7 Å². The van der Waals surface area contributed by atoms with Crippen LogP contribution in [0, 0.1) is 0 Å². The highest BCUT2D eigenvalue weighted by Crippen LogP contribution is 2.21. The third-order valence-corrected chi connectivity index (χ3v) is 4.14.